The maximum atomic E-state index is 13.8. The smallest absolute Gasteiger partial charge is 0.338 e. The molecule has 0 aliphatic carbocycles. The first-order valence-corrected chi connectivity index (χ1v) is 13.2. The van der Waals surface area contributed by atoms with Crippen molar-refractivity contribution in [1.82, 2.24) is 4.57 Å². The van der Waals surface area contributed by atoms with E-state index < -0.39 is 12.0 Å². The highest BCUT2D eigenvalue weighted by Crippen LogP contribution is 2.35. The van der Waals surface area contributed by atoms with Crippen molar-refractivity contribution < 1.29 is 23.7 Å². The van der Waals surface area contributed by atoms with Crippen molar-refractivity contribution in [2.75, 3.05) is 27.4 Å². The van der Waals surface area contributed by atoms with E-state index in [0.29, 0.717) is 47.9 Å². The average Bonchev–Trinajstić information content (AvgIpc) is 3.20. The van der Waals surface area contributed by atoms with Crippen LogP contribution in [0.25, 0.3) is 6.08 Å². The number of hydrogen-bond donors (Lipinski definition) is 0. The second-order valence-corrected chi connectivity index (χ2v) is 9.96. The molecule has 1 atom stereocenters. The van der Waals surface area contributed by atoms with Crippen LogP contribution in [0.15, 0.2) is 61.9 Å². The van der Waals surface area contributed by atoms with Gasteiger partial charge in [0.2, 0.25) is 0 Å². The molecule has 2 aromatic carbocycles. The third kappa shape index (κ3) is 5.26. The fourth-order valence-electron chi connectivity index (χ4n) is 4.12. The molecular formula is C28H25BrN2O6S. The van der Waals surface area contributed by atoms with Gasteiger partial charge in [-0.25, -0.2) is 9.79 Å². The number of aromatic nitrogens is 1. The van der Waals surface area contributed by atoms with Gasteiger partial charge in [0.25, 0.3) is 5.56 Å². The summed E-state index contributed by atoms with van der Waals surface area (Å²) in [6.45, 7) is 3.79. The first-order valence-electron chi connectivity index (χ1n) is 11.6. The zero-order valence-corrected chi connectivity index (χ0v) is 23.6. The summed E-state index contributed by atoms with van der Waals surface area (Å²) in [7, 11) is 3.10. The Morgan fingerprint density at radius 1 is 1.18 bits per heavy atom. The van der Waals surface area contributed by atoms with Gasteiger partial charge >= 0.3 is 5.97 Å². The van der Waals surface area contributed by atoms with Crippen LogP contribution in [0, 0.1) is 12.3 Å². The van der Waals surface area contributed by atoms with Crippen LogP contribution >= 0.6 is 27.3 Å². The number of allylic oxidation sites excluding steroid dienone is 1. The molecule has 0 saturated heterocycles. The first-order chi connectivity index (χ1) is 18.3. The molecule has 0 spiro atoms. The Morgan fingerprint density at radius 2 is 1.92 bits per heavy atom. The number of benzene rings is 2. The van der Waals surface area contributed by atoms with Crippen molar-refractivity contribution in [2.24, 2.45) is 4.99 Å². The molecule has 8 nitrogen and oxygen atoms in total. The molecule has 0 unspecified atom stereocenters. The summed E-state index contributed by atoms with van der Waals surface area (Å²) in [5.74, 6) is 3.52. The number of fused-ring (bicyclic) bond motifs is 1. The highest BCUT2D eigenvalue weighted by atomic mass is 79.9. The molecule has 196 valence electrons. The predicted molar refractivity (Wildman–Crippen MR) is 148 cm³/mol. The summed E-state index contributed by atoms with van der Waals surface area (Å²) in [5.41, 5.74) is 1.95. The molecule has 4 rings (SSSR count). The zero-order chi connectivity index (χ0) is 27.4. The number of carbonyl (C=O) groups excluding carboxylic acids is 1. The SMILES string of the molecule is C#CCOc1ccc(/C=c2\sc3n(c2=O)[C@@H](c2ccc(OC)c(Br)c2)C(C(=O)OCC)=C(C)N=3)cc1OC. The maximum absolute atomic E-state index is 13.8. The Bertz CT molecular complexity index is 1650. The molecule has 0 bridgehead atoms. The van der Waals surface area contributed by atoms with Crippen molar-refractivity contribution in [2.45, 2.75) is 19.9 Å². The van der Waals surface area contributed by atoms with E-state index >= 15 is 0 Å². The minimum atomic E-state index is -0.733. The molecule has 0 fully saturated rings. The summed E-state index contributed by atoms with van der Waals surface area (Å²) < 4.78 is 24.3. The second-order valence-electron chi connectivity index (χ2n) is 8.10. The summed E-state index contributed by atoms with van der Waals surface area (Å²) in [4.78, 5) is 31.9. The lowest BCUT2D eigenvalue weighted by molar-refractivity contribution is -0.139. The Labute approximate surface area is 232 Å². The van der Waals surface area contributed by atoms with Crippen molar-refractivity contribution in [1.29, 1.82) is 0 Å². The van der Waals surface area contributed by atoms with Gasteiger partial charge in [0.05, 0.1) is 47.1 Å². The van der Waals surface area contributed by atoms with Gasteiger partial charge < -0.3 is 18.9 Å². The Balaban J connectivity index is 1.89. The van der Waals surface area contributed by atoms with Crippen LogP contribution in [0.5, 0.6) is 17.2 Å². The summed E-state index contributed by atoms with van der Waals surface area (Å²) >= 11 is 4.75. The molecule has 0 N–H and O–H groups in total. The number of thiazole rings is 1. The predicted octanol–water partition coefficient (Wildman–Crippen LogP) is 3.59. The van der Waals surface area contributed by atoms with Crippen molar-refractivity contribution in [3.63, 3.8) is 0 Å². The highest BCUT2D eigenvalue weighted by Gasteiger charge is 2.33. The van der Waals surface area contributed by atoms with Crippen LogP contribution in [0.2, 0.25) is 0 Å². The normalized spacial score (nSPS) is 14.8. The molecule has 38 heavy (non-hydrogen) atoms. The molecule has 0 amide bonds. The number of terminal acetylenes is 1. The number of ether oxygens (including phenoxy) is 4. The molecule has 1 aliphatic heterocycles. The number of esters is 1. The van der Waals surface area contributed by atoms with E-state index in [-0.39, 0.29) is 18.8 Å². The van der Waals surface area contributed by atoms with Gasteiger partial charge in [-0.2, -0.15) is 0 Å². The molecule has 0 radical (unpaired) electrons. The molecule has 2 heterocycles. The van der Waals surface area contributed by atoms with Gasteiger partial charge in [0.1, 0.15) is 12.4 Å². The number of rotatable bonds is 8. The van der Waals surface area contributed by atoms with E-state index in [2.05, 4.69) is 26.8 Å². The fourth-order valence-corrected chi connectivity index (χ4v) is 5.73. The number of hydrogen-bond acceptors (Lipinski definition) is 8. The maximum Gasteiger partial charge on any atom is 0.338 e. The Hall–Kier alpha value is -3.81. The van der Waals surface area contributed by atoms with Gasteiger partial charge in [-0.15, -0.1) is 6.42 Å². The van der Waals surface area contributed by atoms with Crippen molar-refractivity contribution in [3.8, 4) is 29.6 Å². The van der Waals surface area contributed by atoms with Gasteiger partial charge in [0, 0.05) is 0 Å². The minimum absolute atomic E-state index is 0.109. The molecular weight excluding hydrogens is 572 g/mol. The van der Waals surface area contributed by atoms with E-state index in [1.807, 2.05) is 12.1 Å². The van der Waals surface area contributed by atoms with Gasteiger partial charge in [-0.05, 0) is 71.2 Å². The van der Waals surface area contributed by atoms with Crippen molar-refractivity contribution >= 4 is 39.3 Å². The number of carbonyl (C=O) groups is 1. The molecule has 0 saturated carbocycles. The van der Waals surface area contributed by atoms with E-state index in [1.165, 1.54) is 23.0 Å². The molecule has 10 heteroatoms. The second kappa shape index (κ2) is 11.7. The monoisotopic (exact) mass is 596 g/mol. The van der Waals surface area contributed by atoms with Crippen LogP contribution in [-0.4, -0.2) is 38.0 Å². The van der Waals surface area contributed by atoms with E-state index in [9.17, 15) is 9.59 Å². The molecule has 3 aromatic rings. The number of methoxy groups -OCH3 is 2. The zero-order valence-electron chi connectivity index (χ0n) is 21.2. The average molecular weight is 597 g/mol. The lowest BCUT2D eigenvalue weighted by Gasteiger charge is -2.25. The van der Waals surface area contributed by atoms with Gasteiger partial charge in [-0.3, -0.25) is 9.36 Å². The highest BCUT2D eigenvalue weighted by molar-refractivity contribution is 9.10. The standard InChI is InChI=1S/C28H25BrN2O6S/c1-6-12-37-21-10-8-17(13-22(21)35-5)14-23-26(32)31-25(18-9-11-20(34-4)19(29)15-18)24(27(33)36-7-2)16(3)30-28(31)38-23/h1,8-11,13-15,25H,7,12H2,2-5H3/b23-14-/t25-/m0/s1. The summed E-state index contributed by atoms with van der Waals surface area (Å²) in [5, 5.41) is 0. The van der Waals surface area contributed by atoms with Crippen LogP contribution in [0.3, 0.4) is 0 Å². The Kier molecular flexibility index (Phi) is 8.39. The van der Waals surface area contributed by atoms with Crippen LogP contribution in [0.4, 0.5) is 0 Å². The van der Waals surface area contributed by atoms with Crippen LogP contribution < -0.4 is 29.1 Å². The fraction of sp³-hybridized carbons (Fsp3) is 0.250. The quantitative estimate of drug-likeness (QED) is 0.292. The van der Waals surface area contributed by atoms with Crippen LogP contribution in [0.1, 0.15) is 31.0 Å². The van der Waals surface area contributed by atoms with E-state index in [1.54, 1.807) is 51.3 Å². The lowest BCUT2D eigenvalue weighted by Crippen LogP contribution is -2.39. The van der Waals surface area contributed by atoms with Crippen LogP contribution in [-0.2, 0) is 9.53 Å². The first kappa shape index (κ1) is 27.2. The van der Waals surface area contributed by atoms with E-state index in [4.69, 9.17) is 25.4 Å². The molecule has 1 aromatic heterocycles. The van der Waals surface area contributed by atoms with Crippen molar-refractivity contribution in [3.05, 3.63) is 83.0 Å². The largest absolute Gasteiger partial charge is 0.496 e. The summed E-state index contributed by atoms with van der Waals surface area (Å²) in [6.07, 6.45) is 7.04. The Morgan fingerprint density at radius 3 is 2.58 bits per heavy atom. The number of nitrogens with zero attached hydrogens (tertiary/aromatic N) is 2. The third-order valence-corrected chi connectivity index (χ3v) is 7.41. The topological polar surface area (TPSA) is 88.4 Å². The minimum Gasteiger partial charge on any atom is -0.496 e. The third-order valence-electron chi connectivity index (χ3n) is 5.81. The van der Waals surface area contributed by atoms with Gasteiger partial charge in [0.15, 0.2) is 16.3 Å². The lowest BCUT2D eigenvalue weighted by atomic mass is 9.96. The molecule has 1 aliphatic rings. The number of halogens is 1. The van der Waals surface area contributed by atoms with E-state index in [0.717, 1.165) is 5.56 Å². The van der Waals surface area contributed by atoms with Gasteiger partial charge in [-0.1, -0.05) is 29.4 Å². The summed E-state index contributed by atoms with van der Waals surface area (Å²) in [6, 6.07) is 10.0.